The van der Waals surface area contributed by atoms with Gasteiger partial charge in [0.2, 0.25) is 0 Å². The number of rotatable bonds is 45. The highest BCUT2D eigenvalue weighted by Crippen LogP contribution is 2.20. The Bertz CT molecular complexity index is 698. The molecule has 52 heavy (non-hydrogen) atoms. The number of ether oxygens (including phenoxy) is 1. The van der Waals surface area contributed by atoms with Gasteiger partial charge in [0, 0.05) is 5.57 Å². The van der Waals surface area contributed by atoms with Crippen LogP contribution in [0.5, 0.6) is 0 Å². The molecule has 0 fully saturated rings. The summed E-state index contributed by atoms with van der Waals surface area (Å²) in [5.74, 6) is 0.684. The third kappa shape index (κ3) is 43.6. The van der Waals surface area contributed by atoms with Crippen LogP contribution >= 0.6 is 0 Å². The van der Waals surface area contributed by atoms with Crippen LogP contribution in [0.3, 0.4) is 0 Å². The minimum Gasteiger partial charge on any atom is -0.462 e. The molecule has 0 saturated carbocycles. The first-order chi connectivity index (χ1) is 25.6. The highest BCUT2D eigenvalue weighted by Gasteiger charge is 2.04. The smallest absolute Gasteiger partial charge is 0.333 e. The van der Waals surface area contributed by atoms with Crippen molar-refractivity contribution in [2.24, 2.45) is 5.92 Å². The number of hydrogen-bond donors (Lipinski definition) is 0. The van der Waals surface area contributed by atoms with E-state index in [1.807, 2.05) is 0 Å². The van der Waals surface area contributed by atoms with E-state index in [4.69, 9.17) is 4.74 Å². The van der Waals surface area contributed by atoms with Crippen molar-refractivity contribution < 1.29 is 9.53 Å². The van der Waals surface area contributed by atoms with Crippen LogP contribution in [0.15, 0.2) is 12.2 Å². The van der Waals surface area contributed by atoms with Gasteiger partial charge in [-0.15, -0.1) is 0 Å². The molecule has 1 unspecified atom stereocenters. The van der Waals surface area contributed by atoms with Gasteiger partial charge in [0.05, 0.1) is 6.61 Å². The summed E-state index contributed by atoms with van der Waals surface area (Å²) in [5, 5.41) is 0. The maximum absolute atomic E-state index is 11.3. The van der Waals surface area contributed by atoms with Gasteiger partial charge in [-0.2, -0.15) is 0 Å². The van der Waals surface area contributed by atoms with Crippen molar-refractivity contribution in [3.8, 4) is 0 Å². The van der Waals surface area contributed by atoms with Crippen molar-refractivity contribution in [2.75, 3.05) is 6.61 Å². The predicted molar refractivity (Wildman–Crippen MR) is 235 cm³/mol. The number of carbonyl (C=O) groups is 1. The van der Waals surface area contributed by atoms with E-state index in [9.17, 15) is 4.79 Å². The van der Waals surface area contributed by atoms with Crippen molar-refractivity contribution >= 4 is 5.97 Å². The minimum atomic E-state index is -0.249. The van der Waals surface area contributed by atoms with E-state index < -0.39 is 0 Å². The molecule has 2 heteroatoms. The standard InChI is InChI=1S/C50H98O2/c1-5-6-7-8-9-10-11-12-13-14-15-16-17-18-19-20-21-22-23-24-25-26-27-30-33-36-39-42-45-49(4)46-43-40-37-34-31-28-29-32-35-38-41-44-47-52-50(51)48(2)3/h49H,2,5-47H2,1,3-4H3. The van der Waals surface area contributed by atoms with E-state index in [0.717, 1.165) is 12.3 Å². The van der Waals surface area contributed by atoms with Gasteiger partial charge < -0.3 is 4.74 Å². The molecule has 0 saturated heterocycles. The van der Waals surface area contributed by atoms with Crippen LogP contribution in [0.4, 0.5) is 0 Å². The predicted octanol–water partition coefficient (Wildman–Crippen LogP) is 18.1. The molecule has 0 aromatic rings. The van der Waals surface area contributed by atoms with E-state index in [2.05, 4.69) is 20.4 Å². The molecular formula is C50H98O2. The Morgan fingerprint density at radius 2 is 0.596 bits per heavy atom. The fourth-order valence-electron chi connectivity index (χ4n) is 7.96. The van der Waals surface area contributed by atoms with E-state index in [1.165, 1.54) is 263 Å². The lowest BCUT2D eigenvalue weighted by Gasteiger charge is -2.11. The molecule has 0 aromatic heterocycles. The molecule has 1 atom stereocenters. The highest BCUT2D eigenvalue weighted by atomic mass is 16.5. The second-order valence-corrected chi connectivity index (χ2v) is 17.4. The van der Waals surface area contributed by atoms with Crippen molar-refractivity contribution in [1.82, 2.24) is 0 Å². The molecule has 0 rings (SSSR count). The average molecular weight is 731 g/mol. The Morgan fingerprint density at radius 3 is 0.827 bits per heavy atom. The van der Waals surface area contributed by atoms with E-state index in [0.29, 0.717) is 12.2 Å². The second-order valence-electron chi connectivity index (χ2n) is 17.4. The Morgan fingerprint density at radius 1 is 0.385 bits per heavy atom. The molecule has 0 aromatic carbocycles. The maximum atomic E-state index is 11.3. The maximum Gasteiger partial charge on any atom is 0.333 e. The van der Waals surface area contributed by atoms with Gasteiger partial charge in [-0.05, 0) is 19.3 Å². The van der Waals surface area contributed by atoms with Gasteiger partial charge in [-0.1, -0.05) is 284 Å². The lowest BCUT2D eigenvalue weighted by Crippen LogP contribution is -2.05. The molecule has 0 aliphatic rings. The van der Waals surface area contributed by atoms with Crippen LogP contribution in [0.25, 0.3) is 0 Å². The molecule has 0 radical (unpaired) electrons. The molecule has 310 valence electrons. The first-order valence-corrected chi connectivity index (χ1v) is 24.4. The quantitative estimate of drug-likeness (QED) is 0.0354. The van der Waals surface area contributed by atoms with Gasteiger partial charge in [-0.3, -0.25) is 0 Å². The first-order valence-electron chi connectivity index (χ1n) is 24.4. The summed E-state index contributed by atoms with van der Waals surface area (Å²) in [6.45, 7) is 10.7. The van der Waals surface area contributed by atoms with Gasteiger partial charge in [0.1, 0.15) is 0 Å². The summed E-state index contributed by atoms with van der Waals surface area (Å²) in [6.07, 6.45) is 60.3. The summed E-state index contributed by atoms with van der Waals surface area (Å²) < 4.78 is 5.15. The van der Waals surface area contributed by atoms with Crippen LogP contribution in [-0.4, -0.2) is 12.6 Å². The van der Waals surface area contributed by atoms with Gasteiger partial charge >= 0.3 is 5.97 Å². The Kier molecular flexibility index (Phi) is 43.9. The lowest BCUT2D eigenvalue weighted by atomic mass is 9.95. The van der Waals surface area contributed by atoms with Crippen molar-refractivity contribution in [3.05, 3.63) is 12.2 Å². The summed E-state index contributed by atoms with van der Waals surface area (Å²) in [6, 6.07) is 0. The molecule has 0 aliphatic heterocycles. The summed E-state index contributed by atoms with van der Waals surface area (Å²) in [5.41, 5.74) is 0.497. The van der Waals surface area contributed by atoms with Crippen LogP contribution < -0.4 is 0 Å². The lowest BCUT2D eigenvalue weighted by molar-refractivity contribution is -0.139. The monoisotopic (exact) mass is 731 g/mol. The van der Waals surface area contributed by atoms with Crippen molar-refractivity contribution in [2.45, 2.75) is 290 Å². The number of unbranched alkanes of at least 4 members (excludes halogenated alkanes) is 38. The first kappa shape index (κ1) is 51.2. The SMILES string of the molecule is C=C(C)C(=O)OCCCCCCCCCCCCCCC(C)CCCCCCCCCCCCCCCCCCCCCCCCCCCCCC. The third-order valence-corrected chi connectivity index (χ3v) is 11.7. The molecule has 0 bridgehead atoms. The Hall–Kier alpha value is -0.790. The topological polar surface area (TPSA) is 26.3 Å². The molecule has 0 spiro atoms. The summed E-state index contributed by atoms with van der Waals surface area (Å²) in [4.78, 5) is 11.3. The summed E-state index contributed by atoms with van der Waals surface area (Å²) >= 11 is 0. The fraction of sp³-hybridized carbons (Fsp3) is 0.940. The molecule has 0 amide bonds. The Labute approximate surface area is 329 Å². The zero-order chi connectivity index (χ0) is 37.8. The van der Waals surface area contributed by atoms with E-state index in [-0.39, 0.29) is 5.97 Å². The summed E-state index contributed by atoms with van der Waals surface area (Å²) in [7, 11) is 0. The number of esters is 1. The average Bonchev–Trinajstić information content (AvgIpc) is 3.14. The van der Waals surface area contributed by atoms with E-state index in [1.54, 1.807) is 6.92 Å². The molecule has 0 heterocycles. The highest BCUT2D eigenvalue weighted by molar-refractivity contribution is 5.86. The van der Waals surface area contributed by atoms with Gasteiger partial charge in [0.25, 0.3) is 0 Å². The molecule has 0 N–H and O–H groups in total. The Balaban J connectivity index is 3.16. The van der Waals surface area contributed by atoms with Crippen molar-refractivity contribution in [1.29, 1.82) is 0 Å². The fourth-order valence-corrected chi connectivity index (χ4v) is 7.96. The normalized spacial score (nSPS) is 12.1. The zero-order valence-electron chi connectivity index (χ0n) is 36.5. The number of carbonyl (C=O) groups excluding carboxylic acids is 1. The van der Waals surface area contributed by atoms with Crippen LogP contribution in [0.1, 0.15) is 290 Å². The van der Waals surface area contributed by atoms with Crippen LogP contribution in [0, 0.1) is 5.92 Å². The van der Waals surface area contributed by atoms with Crippen molar-refractivity contribution in [3.63, 3.8) is 0 Å². The third-order valence-electron chi connectivity index (χ3n) is 11.7. The largest absolute Gasteiger partial charge is 0.462 e. The second kappa shape index (κ2) is 44.6. The molecular weight excluding hydrogens is 633 g/mol. The zero-order valence-corrected chi connectivity index (χ0v) is 36.5. The molecule has 0 aliphatic carbocycles. The minimum absolute atomic E-state index is 0.249. The molecule has 2 nitrogen and oxygen atoms in total. The van der Waals surface area contributed by atoms with Gasteiger partial charge in [-0.25, -0.2) is 4.79 Å². The van der Waals surface area contributed by atoms with Crippen LogP contribution in [0.2, 0.25) is 0 Å². The van der Waals surface area contributed by atoms with Crippen LogP contribution in [-0.2, 0) is 9.53 Å². The van der Waals surface area contributed by atoms with Gasteiger partial charge in [0.15, 0.2) is 0 Å². The van der Waals surface area contributed by atoms with E-state index >= 15 is 0 Å². The number of hydrogen-bond acceptors (Lipinski definition) is 2.